The molecule has 0 saturated heterocycles. The van der Waals surface area contributed by atoms with Gasteiger partial charge in [-0.25, -0.2) is 14.2 Å². The summed E-state index contributed by atoms with van der Waals surface area (Å²) >= 11 is 0. The number of hydrogen-bond donors (Lipinski definition) is 1. The van der Waals surface area contributed by atoms with Crippen LogP contribution in [0.5, 0.6) is 5.75 Å². The molecule has 4 aromatic rings. The van der Waals surface area contributed by atoms with E-state index in [-0.39, 0.29) is 18.3 Å². The monoisotopic (exact) mass is 509 g/mol. The van der Waals surface area contributed by atoms with Crippen LogP contribution in [0.2, 0.25) is 0 Å². The third-order valence-electron chi connectivity index (χ3n) is 6.04. The van der Waals surface area contributed by atoms with Crippen molar-refractivity contribution in [2.45, 2.75) is 19.4 Å². The number of pyridine rings is 1. The number of fused-ring (bicyclic) bond motifs is 1. The number of carbonyl (C=O) groups excluding carboxylic acids is 2. The van der Waals surface area contributed by atoms with Crippen molar-refractivity contribution in [3.8, 4) is 17.6 Å². The van der Waals surface area contributed by atoms with E-state index in [0.717, 1.165) is 21.5 Å². The Hall–Kier alpha value is -4.97. The molecule has 1 atom stereocenters. The predicted octanol–water partition coefficient (Wildman–Crippen LogP) is 3.70. The highest BCUT2D eigenvalue weighted by Crippen LogP contribution is 2.31. The number of carbonyl (C=O) groups is 2. The number of aromatic nitrogens is 3. The van der Waals surface area contributed by atoms with E-state index >= 15 is 0 Å². The second-order valence-corrected chi connectivity index (χ2v) is 8.90. The maximum absolute atomic E-state index is 13.2. The summed E-state index contributed by atoms with van der Waals surface area (Å²) in [7, 11) is 1.63. The lowest BCUT2D eigenvalue weighted by atomic mass is 10.1. The highest BCUT2D eigenvalue weighted by Gasteiger charge is 2.31. The van der Waals surface area contributed by atoms with Gasteiger partial charge in [0.1, 0.15) is 29.9 Å². The summed E-state index contributed by atoms with van der Waals surface area (Å²) in [6.45, 7) is 1.86. The lowest BCUT2D eigenvalue weighted by molar-refractivity contribution is -0.120. The van der Waals surface area contributed by atoms with Crippen LogP contribution in [0, 0.1) is 24.6 Å². The van der Waals surface area contributed by atoms with E-state index in [4.69, 9.17) is 4.74 Å². The summed E-state index contributed by atoms with van der Waals surface area (Å²) in [5, 5.41) is 6.81. The molecule has 9 heteroatoms. The summed E-state index contributed by atoms with van der Waals surface area (Å²) < 4.78 is 20.1. The second kappa shape index (κ2) is 10.6. The van der Waals surface area contributed by atoms with Crippen LogP contribution >= 0.6 is 0 Å². The van der Waals surface area contributed by atoms with Crippen molar-refractivity contribution < 1.29 is 18.7 Å². The second-order valence-electron chi connectivity index (χ2n) is 8.90. The van der Waals surface area contributed by atoms with Crippen LogP contribution in [-0.2, 0) is 11.2 Å². The van der Waals surface area contributed by atoms with E-state index in [1.54, 1.807) is 43.7 Å². The molecule has 0 fully saturated rings. The Bertz CT molecular complexity index is 1570. The van der Waals surface area contributed by atoms with Gasteiger partial charge in [0.25, 0.3) is 5.91 Å². The number of nitrogens with one attached hydrogen (secondary N) is 1. The molecule has 0 spiro atoms. The van der Waals surface area contributed by atoms with E-state index in [1.165, 1.54) is 17.0 Å². The summed E-state index contributed by atoms with van der Waals surface area (Å²) in [5.41, 5.74) is 4.44. The topological polar surface area (TPSA) is 89.4 Å². The van der Waals surface area contributed by atoms with Gasteiger partial charge < -0.3 is 15.0 Å². The van der Waals surface area contributed by atoms with Crippen molar-refractivity contribution in [1.82, 2.24) is 20.1 Å². The highest BCUT2D eigenvalue weighted by atomic mass is 19.1. The number of anilines is 1. The molecule has 38 heavy (non-hydrogen) atoms. The maximum Gasteiger partial charge on any atom is 0.342 e. The van der Waals surface area contributed by atoms with Crippen LogP contribution in [0.3, 0.4) is 0 Å². The first kappa shape index (κ1) is 24.7. The van der Waals surface area contributed by atoms with Crippen LogP contribution in [-0.4, -0.2) is 46.4 Å². The molecule has 0 aliphatic carbocycles. The number of ether oxygens (including phenoxy) is 1. The van der Waals surface area contributed by atoms with Crippen molar-refractivity contribution in [3.63, 3.8) is 0 Å². The molecular weight excluding hydrogens is 485 g/mol. The molecule has 3 heterocycles. The van der Waals surface area contributed by atoms with Gasteiger partial charge in [0.05, 0.1) is 11.9 Å². The molecular formula is C29H24FN5O3. The van der Waals surface area contributed by atoms with E-state index in [2.05, 4.69) is 27.2 Å². The number of amides is 2. The molecule has 2 aromatic heterocycles. The standard InChI is InChI=1S/C29H24FN5O3/c1-19-4-3-5-24(32-19)12-8-21-9-13-27-26(15-21)34(2)28(36)25(18-38-27)33-29(37)35-17-22(16-31-35)14-20-6-10-23(30)11-7-20/h3-7,9-11,13,15-17,25H,14,18H2,1-2H3,(H,33,37)/t25-/m0/s1. The van der Waals surface area contributed by atoms with Gasteiger partial charge in [0.15, 0.2) is 0 Å². The third kappa shape index (κ3) is 5.55. The minimum Gasteiger partial charge on any atom is -0.489 e. The molecule has 0 radical (unpaired) electrons. The zero-order valence-electron chi connectivity index (χ0n) is 20.8. The SMILES string of the molecule is Cc1cccc(C#Cc2ccc3c(c2)N(C)C(=O)[C@@H](NC(=O)n2cc(Cc4ccc(F)cc4)cn2)CO3)n1. The fourth-order valence-corrected chi connectivity index (χ4v) is 4.04. The largest absolute Gasteiger partial charge is 0.489 e. The molecule has 2 aromatic carbocycles. The van der Waals surface area contributed by atoms with Crippen LogP contribution in [0.25, 0.3) is 0 Å². The summed E-state index contributed by atoms with van der Waals surface area (Å²) in [4.78, 5) is 31.9. The molecule has 1 aliphatic rings. The Morgan fingerprint density at radius 2 is 1.95 bits per heavy atom. The minimum atomic E-state index is -0.921. The van der Waals surface area contributed by atoms with Crippen molar-refractivity contribution >= 4 is 17.6 Å². The zero-order valence-corrected chi connectivity index (χ0v) is 20.8. The van der Waals surface area contributed by atoms with Gasteiger partial charge in [0, 0.05) is 30.9 Å². The molecule has 2 amide bonds. The molecule has 1 aliphatic heterocycles. The Labute approximate surface area is 219 Å². The van der Waals surface area contributed by atoms with Gasteiger partial charge in [0.2, 0.25) is 0 Å². The fraction of sp³-hybridized carbons (Fsp3) is 0.172. The van der Waals surface area contributed by atoms with Crippen molar-refractivity contribution in [1.29, 1.82) is 0 Å². The first-order valence-corrected chi connectivity index (χ1v) is 11.9. The molecule has 5 rings (SSSR count). The Kier molecular flexibility index (Phi) is 6.87. The Balaban J connectivity index is 1.27. The number of aryl methyl sites for hydroxylation is 1. The average Bonchev–Trinajstić information content (AvgIpc) is 3.35. The van der Waals surface area contributed by atoms with E-state index in [0.29, 0.717) is 29.1 Å². The molecule has 0 saturated carbocycles. The number of rotatable bonds is 3. The average molecular weight is 510 g/mol. The van der Waals surface area contributed by atoms with Crippen molar-refractivity contribution in [3.05, 3.63) is 107 Å². The third-order valence-corrected chi connectivity index (χ3v) is 6.04. The number of likely N-dealkylation sites (N-methyl/N-ethyl adjacent to an activating group) is 1. The minimum absolute atomic E-state index is 0.0378. The molecule has 1 N–H and O–H groups in total. The molecule has 8 nitrogen and oxygen atoms in total. The van der Waals surface area contributed by atoms with E-state index in [1.807, 2.05) is 31.2 Å². The van der Waals surface area contributed by atoms with Crippen molar-refractivity contribution in [2.75, 3.05) is 18.6 Å². The van der Waals surface area contributed by atoms with E-state index < -0.39 is 12.1 Å². The lowest BCUT2D eigenvalue weighted by Crippen LogP contribution is -2.50. The number of hydrogen-bond acceptors (Lipinski definition) is 5. The first-order valence-electron chi connectivity index (χ1n) is 11.9. The zero-order chi connectivity index (χ0) is 26.6. The molecule has 190 valence electrons. The van der Waals surface area contributed by atoms with Crippen LogP contribution in [0.4, 0.5) is 14.9 Å². The lowest BCUT2D eigenvalue weighted by Gasteiger charge is -2.20. The number of nitrogens with zero attached hydrogens (tertiary/aromatic N) is 4. The molecule has 0 bridgehead atoms. The highest BCUT2D eigenvalue weighted by molar-refractivity contribution is 6.00. The summed E-state index contributed by atoms with van der Waals surface area (Å²) in [5.74, 6) is 5.98. The van der Waals surface area contributed by atoms with Crippen LogP contribution < -0.4 is 15.0 Å². The number of halogens is 1. The Morgan fingerprint density at radius 1 is 1.13 bits per heavy atom. The smallest absolute Gasteiger partial charge is 0.342 e. The van der Waals surface area contributed by atoms with Gasteiger partial charge in [-0.2, -0.15) is 9.78 Å². The first-order chi connectivity index (χ1) is 18.4. The van der Waals surface area contributed by atoms with Gasteiger partial charge >= 0.3 is 6.03 Å². The van der Waals surface area contributed by atoms with Crippen LogP contribution in [0.15, 0.2) is 73.1 Å². The van der Waals surface area contributed by atoms with E-state index in [9.17, 15) is 14.0 Å². The normalized spacial score (nSPS) is 14.6. The van der Waals surface area contributed by atoms with Crippen molar-refractivity contribution in [2.24, 2.45) is 0 Å². The summed E-state index contributed by atoms with van der Waals surface area (Å²) in [6, 6.07) is 15.6. The fourth-order valence-electron chi connectivity index (χ4n) is 4.04. The van der Waals surface area contributed by atoms with Crippen LogP contribution in [0.1, 0.15) is 28.1 Å². The van der Waals surface area contributed by atoms with Gasteiger partial charge in [-0.15, -0.1) is 0 Å². The van der Waals surface area contributed by atoms with Gasteiger partial charge in [-0.3, -0.25) is 4.79 Å². The van der Waals surface area contributed by atoms with Gasteiger partial charge in [-0.05, 0) is 66.4 Å². The predicted molar refractivity (Wildman–Crippen MR) is 139 cm³/mol. The van der Waals surface area contributed by atoms with Gasteiger partial charge in [-0.1, -0.05) is 24.1 Å². The summed E-state index contributed by atoms with van der Waals surface area (Å²) in [6.07, 6.45) is 3.63. The maximum atomic E-state index is 13.2. The quantitative estimate of drug-likeness (QED) is 0.426. The molecule has 0 unspecified atom stereocenters. The Morgan fingerprint density at radius 3 is 2.74 bits per heavy atom. The number of benzene rings is 2.